The Bertz CT molecular complexity index is 201. The smallest absolute Gasteiger partial charge is 0.125 e. The summed E-state index contributed by atoms with van der Waals surface area (Å²) in [4.78, 5) is 0. The maximum Gasteiger partial charge on any atom is 0.697 e. The third-order valence-corrected chi connectivity index (χ3v) is 4.64. The Balaban J connectivity index is 3.33. The zero-order valence-corrected chi connectivity index (χ0v) is 13.9. The highest BCUT2D eigenvalue weighted by Gasteiger charge is 2.19. The van der Waals surface area contributed by atoms with Crippen molar-refractivity contribution in [2.45, 2.75) is 36.4 Å². The van der Waals surface area contributed by atoms with Crippen molar-refractivity contribution in [2.75, 3.05) is 25.0 Å². The molecule has 0 heterocycles. The molecule has 0 N–H and O–H groups in total. The molecule has 0 saturated heterocycles. The van der Waals surface area contributed by atoms with Crippen molar-refractivity contribution in [1.29, 1.82) is 0 Å². The predicted molar refractivity (Wildman–Crippen MR) is 78.7 cm³/mol. The maximum absolute atomic E-state index is 11.3. The van der Waals surface area contributed by atoms with Gasteiger partial charge in [0.05, 0.1) is 0 Å². The van der Waals surface area contributed by atoms with E-state index in [0.29, 0.717) is 37.8 Å². The lowest BCUT2D eigenvalue weighted by molar-refractivity contribution is 0.219. The highest BCUT2D eigenvalue weighted by molar-refractivity contribution is 7.33. The molecule has 0 rings (SSSR count). The number of rotatable bonds is 12. The van der Waals surface area contributed by atoms with Crippen molar-refractivity contribution in [1.82, 2.24) is 0 Å². The minimum absolute atomic E-state index is 0.0646. The van der Waals surface area contributed by atoms with Gasteiger partial charge in [0, 0.05) is 27.1 Å². The van der Waals surface area contributed by atoms with Crippen LogP contribution in [0.2, 0.25) is 0 Å². The summed E-state index contributed by atoms with van der Waals surface area (Å²) in [5.41, 5.74) is 0. The van der Waals surface area contributed by atoms with Gasteiger partial charge in [-0.2, -0.15) is 0 Å². The lowest BCUT2D eigenvalue weighted by Gasteiger charge is -2.02. The van der Waals surface area contributed by atoms with E-state index in [2.05, 4.69) is 0 Å². The van der Waals surface area contributed by atoms with Gasteiger partial charge in [-0.3, -0.25) is 0 Å². The number of hydrogen-bond acceptors (Lipinski definition) is 3. The van der Waals surface area contributed by atoms with Crippen molar-refractivity contribution in [3.05, 3.63) is 0 Å². The van der Waals surface area contributed by atoms with Gasteiger partial charge in [0.2, 0.25) is 0 Å². The fourth-order valence-electron chi connectivity index (χ4n) is 1.08. The molecule has 8 heteroatoms. The minimum Gasteiger partial charge on any atom is -0.125 e. The Hall–Kier alpha value is 1.18. The summed E-state index contributed by atoms with van der Waals surface area (Å²) in [6, 6.07) is 0. The van der Waals surface area contributed by atoms with Crippen molar-refractivity contribution < 1.29 is 13.6 Å². The first-order valence-corrected chi connectivity index (χ1v) is 8.77. The van der Waals surface area contributed by atoms with Crippen LogP contribution >= 0.6 is 54.7 Å². The lowest BCUT2D eigenvalue weighted by Crippen LogP contribution is -2.03. The molecule has 0 amide bonds. The molecular formula is C10H18Cl4O3P+. The van der Waals surface area contributed by atoms with Crippen LogP contribution < -0.4 is 0 Å². The first-order chi connectivity index (χ1) is 8.60. The maximum atomic E-state index is 11.3. The molecule has 0 radical (unpaired) electrons. The number of hydrogen-bond donors (Lipinski definition) is 0. The molecule has 0 aliphatic heterocycles. The molecule has 0 aromatic carbocycles. The molecule has 0 spiro atoms. The number of alkyl halides is 4. The van der Waals surface area contributed by atoms with E-state index in [9.17, 15) is 4.57 Å². The summed E-state index contributed by atoms with van der Waals surface area (Å²) < 4.78 is 21.3. The molecule has 0 saturated carbocycles. The summed E-state index contributed by atoms with van der Waals surface area (Å²) >= 11 is 22.7. The molecule has 0 aliphatic rings. The molecule has 2 atom stereocenters. The summed E-state index contributed by atoms with van der Waals surface area (Å²) in [6.07, 6.45) is 2.89. The third kappa shape index (κ3) is 12.2. The second-order valence-electron chi connectivity index (χ2n) is 3.68. The standard InChI is InChI=1S/C10H18Cl4O3P/c11-7-9(13)3-1-5-16-18(15)17-6-2-4-10(14)8-12/h9-10H,1-8H2/q+1. The van der Waals surface area contributed by atoms with Crippen LogP contribution in [0, 0.1) is 0 Å². The van der Waals surface area contributed by atoms with Crippen LogP contribution in [0.5, 0.6) is 0 Å². The quantitative estimate of drug-likeness (QED) is 0.282. The van der Waals surface area contributed by atoms with E-state index in [1.165, 1.54) is 0 Å². The molecule has 0 aromatic heterocycles. The van der Waals surface area contributed by atoms with Crippen LogP contribution in [0.1, 0.15) is 25.7 Å². The molecule has 0 aliphatic carbocycles. The molecule has 0 fully saturated rings. The zero-order valence-electron chi connectivity index (χ0n) is 10.00. The van der Waals surface area contributed by atoms with Crippen LogP contribution in [0.4, 0.5) is 0 Å². The van der Waals surface area contributed by atoms with Gasteiger partial charge in [0.25, 0.3) is 0 Å². The topological polar surface area (TPSA) is 35.5 Å². The Morgan fingerprint density at radius 3 is 1.61 bits per heavy atom. The Kier molecular flexibility index (Phi) is 14.0. The van der Waals surface area contributed by atoms with Crippen LogP contribution in [-0.2, 0) is 13.6 Å². The summed E-state index contributed by atoms with van der Waals surface area (Å²) in [5, 5.41) is -0.129. The minimum atomic E-state index is -2.05. The van der Waals surface area contributed by atoms with Gasteiger partial charge in [-0.1, -0.05) is 0 Å². The summed E-state index contributed by atoms with van der Waals surface area (Å²) in [6.45, 7) is 0.713. The fourth-order valence-corrected chi connectivity index (χ4v) is 2.33. The van der Waals surface area contributed by atoms with Crippen molar-refractivity contribution in [3.63, 3.8) is 0 Å². The average Bonchev–Trinajstić information content (AvgIpc) is 2.38. The van der Waals surface area contributed by atoms with E-state index < -0.39 is 8.25 Å². The largest absolute Gasteiger partial charge is 0.697 e. The first kappa shape index (κ1) is 19.2. The fraction of sp³-hybridized carbons (Fsp3) is 1.00. The van der Waals surface area contributed by atoms with Gasteiger partial charge in [0.15, 0.2) is 0 Å². The molecule has 2 unspecified atom stereocenters. The van der Waals surface area contributed by atoms with Crippen molar-refractivity contribution >= 4 is 54.7 Å². The first-order valence-electron chi connectivity index (χ1n) is 5.73. The summed E-state index contributed by atoms with van der Waals surface area (Å²) in [5.74, 6) is 0.814. The van der Waals surface area contributed by atoms with E-state index in [0.717, 1.165) is 12.8 Å². The molecule has 0 aromatic rings. The van der Waals surface area contributed by atoms with Crippen LogP contribution in [0.3, 0.4) is 0 Å². The van der Waals surface area contributed by atoms with Gasteiger partial charge in [-0.25, -0.2) is 0 Å². The van der Waals surface area contributed by atoms with Gasteiger partial charge in [-0.15, -0.1) is 55.5 Å². The normalized spacial score (nSPS) is 15.4. The van der Waals surface area contributed by atoms with Gasteiger partial charge in [-0.05, 0) is 25.7 Å². The van der Waals surface area contributed by atoms with E-state index >= 15 is 0 Å². The van der Waals surface area contributed by atoms with Crippen LogP contribution in [0.15, 0.2) is 0 Å². The van der Waals surface area contributed by atoms with Crippen LogP contribution in [-0.4, -0.2) is 35.7 Å². The molecule has 0 bridgehead atoms. The van der Waals surface area contributed by atoms with E-state index in [1.54, 1.807) is 0 Å². The predicted octanol–water partition coefficient (Wildman–Crippen LogP) is 4.93. The molecule has 18 heavy (non-hydrogen) atoms. The highest BCUT2D eigenvalue weighted by Crippen LogP contribution is 2.25. The Morgan fingerprint density at radius 2 is 1.28 bits per heavy atom. The van der Waals surface area contributed by atoms with Crippen LogP contribution in [0.25, 0.3) is 0 Å². The van der Waals surface area contributed by atoms with E-state index in [1.807, 2.05) is 0 Å². The second-order valence-corrected chi connectivity index (χ2v) is 6.49. The summed E-state index contributed by atoms with van der Waals surface area (Å²) in [7, 11) is -2.05. The van der Waals surface area contributed by atoms with E-state index in [4.69, 9.17) is 55.5 Å². The monoisotopic (exact) mass is 357 g/mol. The Morgan fingerprint density at radius 1 is 0.889 bits per heavy atom. The SMILES string of the molecule is O=[P+](OCCCC(Cl)CCl)OCCCC(Cl)CCl. The molecular weight excluding hydrogens is 341 g/mol. The van der Waals surface area contributed by atoms with Crippen molar-refractivity contribution in [2.24, 2.45) is 0 Å². The highest BCUT2D eigenvalue weighted by atomic mass is 35.5. The third-order valence-electron chi connectivity index (χ3n) is 2.05. The lowest BCUT2D eigenvalue weighted by atomic mass is 10.3. The number of halogens is 4. The zero-order chi connectivity index (χ0) is 13.8. The van der Waals surface area contributed by atoms with Gasteiger partial charge in [0.1, 0.15) is 13.2 Å². The van der Waals surface area contributed by atoms with Gasteiger partial charge >= 0.3 is 8.25 Å². The Labute approximate surface area is 129 Å². The van der Waals surface area contributed by atoms with Crippen molar-refractivity contribution in [3.8, 4) is 0 Å². The second kappa shape index (κ2) is 13.2. The average molecular weight is 359 g/mol. The van der Waals surface area contributed by atoms with E-state index in [-0.39, 0.29) is 10.8 Å². The van der Waals surface area contributed by atoms with Gasteiger partial charge < -0.3 is 0 Å². The molecule has 3 nitrogen and oxygen atoms in total. The molecule has 108 valence electrons.